The third-order valence-corrected chi connectivity index (χ3v) is 6.92. The molecule has 1 saturated heterocycles. The van der Waals surface area contributed by atoms with Crippen LogP contribution >= 0.6 is 23.7 Å². The van der Waals surface area contributed by atoms with Gasteiger partial charge in [0.1, 0.15) is 0 Å². The summed E-state index contributed by atoms with van der Waals surface area (Å²) in [5, 5.41) is 3.37. The van der Waals surface area contributed by atoms with Gasteiger partial charge in [0.15, 0.2) is 0 Å². The number of carbonyl (C=O) groups is 1. The normalized spacial score (nSPS) is 21.8. The number of amides is 1. The third kappa shape index (κ3) is 4.14. The minimum atomic E-state index is 0. The van der Waals surface area contributed by atoms with Gasteiger partial charge in [-0.2, -0.15) is 0 Å². The number of hydrogen-bond donors (Lipinski definition) is 1. The van der Waals surface area contributed by atoms with Gasteiger partial charge in [0, 0.05) is 18.0 Å². The summed E-state index contributed by atoms with van der Waals surface area (Å²) in [5.74, 6) is 0.957. The molecule has 3 rings (SSSR count). The molecule has 0 aromatic carbocycles. The van der Waals surface area contributed by atoms with Crippen molar-refractivity contribution >= 4 is 29.7 Å². The maximum Gasteiger partial charge on any atom is 0.263 e. The summed E-state index contributed by atoms with van der Waals surface area (Å²) < 4.78 is 0. The number of nitrogens with zero attached hydrogens (tertiary/aromatic N) is 1. The Balaban J connectivity index is 0.00000208. The van der Waals surface area contributed by atoms with E-state index in [4.69, 9.17) is 0 Å². The molecule has 5 heteroatoms. The zero-order chi connectivity index (χ0) is 16.6. The highest BCUT2D eigenvalue weighted by atomic mass is 35.5. The Morgan fingerprint density at radius 1 is 1.25 bits per heavy atom. The van der Waals surface area contributed by atoms with E-state index in [9.17, 15) is 4.79 Å². The Kier molecular flexibility index (Phi) is 6.38. The fraction of sp³-hybridized carbons (Fsp3) is 0.737. The molecule has 2 aliphatic rings. The lowest BCUT2D eigenvalue weighted by molar-refractivity contribution is 0.0708. The van der Waals surface area contributed by atoms with Crippen LogP contribution in [0.15, 0.2) is 6.07 Å². The summed E-state index contributed by atoms with van der Waals surface area (Å²) in [6.45, 7) is 9.07. The minimum absolute atomic E-state index is 0. The number of aryl methyl sites for hydroxylation is 1. The molecular weight excluding hydrogens is 340 g/mol. The van der Waals surface area contributed by atoms with Crippen molar-refractivity contribution in [2.75, 3.05) is 20.1 Å². The van der Waals surface area contributed by atoms with Crippen molar-refractivity contribution in [3.05, 3.63) is 21.4 Å². The van der Waals surface area contributed by atoms with Crippen molar-refractivity contribution in [2.45, 2.75) is 58.9 Å². The molecule has 1 aliphatic carbocycles. The number of hydrogen-bond acceptors (Lipinski definition) is 3. The zero-order valence-electron chi connectivity index (χ0n) is 15.4. The van der Waals surface area contributed by atoms with Crippen LogP contribution in [0.2, 0.25) is 0 Å². The van der Waals surface area contributed by atoms with E-state index in [1.807, 2.05) is 11.9 Å². The number of carbonyl (C=O) groups excluding carboxylic acids is 1. The van der Waals surface area contributed by atoms with Crippen LogP contribution in [0.3, 0.4) is 0 Å². The Hall–Kier alpha value is -0.580. The molecule has 1 aromatic heterocycles. The Labute approximate surface area is 156 Å². The molecule has 3 nitrogen and oxygen atoms in total. The predicted octanol–water partition coefficient (Wildman–Crippen LogP) is 4.14. The molecule has 1 aromatic rings. The van der Waals surface area contributed by atoms with E-state index < -0.39 is 0 Å². The lowest BCUT2D eigenvalue weighted by Gasteiger charge is -2.33. The van der Waals surface area contributed by atoms with Crippen molar-refractivity contribution in [1.29, 1.82) is 0 Å². The van der Waals surface area contributed by atoms with Crippen LogP contribution < -0.4 is 5.32 Å². The Bertz CT molecular complexity index is 572. The van der Waals surface area contributed by atoms with E-state index in [-0.39, 0.29) is 18.3 Å². The summed E-state index contributed by atoms with van der Waals surface area (Å²) in [5.41, 5.74) is 1.79. The van der Waals surface area contributed by atoms with Crippen LogP contribution in [0.5, 0.6) is 0 Å². The summed E-state index contributed by atoms with van der Waals surface area (Å²) in [6, 6.07) is 2.59. The monoisotopic (exact) mass is 370 g/mol. The lowest BCUT2D eigenvalue weighted by Crippen LogP contribution is -2.43. The number of halogens is 1. The molecule has 1 amide bonds. The topological polar surface area (TPSA) is 32.3 Å². The molecular formula is C19H31ClN2OS. The van der Waals surface area contributed by atoms with Crippen LogP contribution in [-0.4, -0.2) is 37.0 Å². The van der Waals surface area contributed by atoms with Crippen molar-refractivity contribution < 1.29 is 4.79 Å². The first-order chi connectivity index (χ1) is 10.9. The maximum atomic E-state index is 12.9. The van der Waals surface area contributed by atoms with Gasteiger partial charge in [-0.15, -0.1) is 23.7 Å². The standard InChI is InChI=1S/C19H30N2OS.ClH/c1-19(2,3)14-5-6-16-13(11-14)12-17(23-16)18(22)21(4)15-7-9-20-10-8-15;/h12,14-15,20H,5-11H2,1-4H3;1H. The average Bonchev–Trinajstić information content (AvgIpc) is 2.96. The average molecular weight is 371 g/mol. The highest BCUT2D eigenvalue weighted by Crippen LogP contribution is 2.40. The largest absolute Gasteiger partial charge is 0.338 e. The maximum absolute atomic E-state index is 12.9. The Morgan fingerprint density at radius 2 is 1.92 bits per heavy atom. The van der Waals surface area contributed by atoms with Crippen LogP contribution in [0.4, 0.5) is 0 Å². The van der Waals surface area contributed by atoms with Gasteiger partial charge in [0.25, 0.3) is 5.91 Å². The van der Waals surface area contributed by atoms with Gasteiger partial charge in [-0.05, 0) is 68.2 Å². The van der Waals surface area contributed by atoms with E-state index in [1.54, 1.807) is 11.3 Å². The zero-order valence-corrected chi connectivity index (χ0v) is 17.0. The van der Waals surface area contributed by atoms with Crippen LogP contribution in [0.25, 0.3) is 0 Å². The summed E-state index contributed by atoms with van der Waals surface area (Å²) >= 11 is 1.74. The van der Waals surface area contributed by atoms with Gasteiger partial charge < -0.3 is 10.2 Å². The van der Waals surface area contributed by atoms with Gasteiger partial charge in [-0.3, -0.25) is 4.79 Å². The minimum Gasteiger partial charge on any atom is -0.338 e. The van der Waals surface area contributed by atoms with Crippen molar-refractivity contribution in [3.8, 4) is 0 Å². The second kappa shape index (κ2) is 7.76. The van der Waals surface area contributed by atoms with Crippen LogP contribution in [0.1, 0.15) is 60.1 Å². The van der Waals surface area contributed by atoms with E-state index >= 15 is 0 Å². The van der Waals surface area contributed by atoms with Crippen LogP contribution in [-0.2, 0) is 12.8 Å². The van der Waals surface area contributed by atoms with Crippen LogP contribution in [0, 0.1) is 11.3 Å². The first kappa shape index (κ1) is 19.7. The van der Waals surface area contributed by atoms with Gasteiger partial charge >= 0.3 is 0 Å². The fourth-order valence-corrected chi connectivity index (χ4v) is 5.09. The van der Waals surface area contributed by atoms with Crippen molar-refractivity contribution in [3.63, 3.8) is 0 Å². The lowest BCUT2D eigenvalue weighted by atomic mass is 9.72. The second-order valence-corrected chi connectivity index (χ2v) is 9.40. The number of rotatable bonds is 2. The summed E-state index contributed by atoms with van der Waals surface area (Å²) in [7, 11) is 1.98. The third-order valence-electron chi connectivity index (χ3n) is 5.70. The molecule has 1 fully saturated rings. The fourth-order valence-electron chi connectivity index (χ4n) is 3.90. The predicted molar refractivity (Wildman–Crippen MR) is 105 cm³/mol. The number of fused-ring (bicyclic) bond motifs is 1. The van der Waals surface area contributed by atoms with Gasteiger partial charge in [-0.1, -0.05) is 20.8 Å². The first-order valence-corrected chi connectivity index (χ1v) is 9.77. The molecule has 2 heterocycles. The molecule has 0 spiro atoms. The molecule has 1 aliphatic heterocycles. The van der Waals surface area contributed by atoms with Gasteiger partial charge in [-0.25, -0.2) is 0 Å². The molecule has 1 N–H and O–H groups in total. The molecule has 0 bridgehead atoms. The SMILES string of the molecule is CN(C(=O)c1cc2c(s1)CCC(C(C)(C)C)C2)C1CCNCC1.Cl. The molecule has 1 unspecified atom stereocenters. The second-order valence-electron chi connectivity index (χ2n) is 8.26. The number of nitrogens with one attached hydrogen (secondary N) is 1. The van der Waals surface area contributed by atoms with E-state index in [0.29, 0.717) is 11.5 Å². The molecule has 24 heavy (non-hydrogen) atoms. The molecule has 136 valence electrons. The first-order valence-electron chi connectivity index (χ1n) is 8.95. The number of thiophene rings is 1. The quantitative estimate of drug-likeness (QED) is 0.848. The highest BCUT2D eigenvalue weighted by molar-refractivity contribution is 7.14. The smallest absolute Gasteiger partial charge is 0.263 e. The Morgan fingerprint density at radius 3 is 2.54 bits per heavy atom. The van der Waals surface area contributed by atoms with Crippen molar-refractivity contribution in [1.82, 2.24) is 10.2 Å². The van der Waals surface area contributed by atoms with E-state index in [2.05, 4.69) is 32.2 Å². The summed E-state index contributed by atoms with van der Waals surface area (Å²) in [4.78, 5) is 17.2. The highest BCUT2D eigenvalue weighted by Gasteiger charge is 2.31. The van der Waals surface area contributed by atoms with E-state index in [0.717, 1.165) is 49.6 Å². The summed E-state index contributed by atoms with van der Waals surface area (Å²) in [6.07, 6.45) is 5.68. The molecule has 1 atom stereocenters. The number of piperidine rings is 1. The molecule has 0 radical (unpaired) electrons. The van der Waals surface area contributed by atoms with E-state index in [1.165, 1.54) is 16.9 Å². The van der Waals surface area contributed by atoms with Gasteiger partial charge in [0.05, 0.1) is 4.88 Å². The van der Waals surface area contributed by atoms with Gasteiger partial charge in [0.2, 0.25) is 0 Å². The van der Waals surface area contributed by atoms with Crippen molar-refractivity contribution in [2.24, 2.45) is 11.3 Å². The molecule has 0 saturated carbocycles.